The van der Waals surface area contributed by atoms with Crippen molar-refractivity contribution in [3.8, 4) is 17.7 Å². The van der Waals surface area contributed by atoms with Crippen LogP contribution in [0, 0.1) is 21.6 Å². The van der Waals surface area contributed by atoms with Gasteiger partial charge in [0, 0.05) is 31.8 Å². The van der Waals surface area contributed by atoms with E-state index in [1.807, 2.05) is 12.3 Å². The SMILES string of the molecule is N#CN=C(N1CCCC1)N1CCc2cc3c(cc2C1Cc1ccc([N+](=O)[O-])cc1)OCO3. The summed E-state index contributed by atoms with van der Waals surface area (Å²) in [5.41, 5.74) is 3.36. The molecule has 32 heavy (non-hydrogen) atoms. The molecule has 0 spiro atoms. The number of benzene rings is 2. The van der Waals surface area contributed by atoms with Crippen LogP contribution in [0.3, 0.4) is 0 Å². The number of aliphatic imine (C=N–C) groups is 1. The van der Waals surface area contributed by atoms with Crippen molar-refractivity contribution < 1.29 is 14.4 Å². The number of nitrogens with zero attached hydrogens (tertiary/aromatic N) is 5. The highest BCUT2D eigenvalue weighted by Crippen LogP contribution is 2.42. The summed E-state index contributed by atoms with van der Waals surface area (Å²) >= 11 is 0. The number of rotatable bonds is 3. The summed E-state index contributed by atoms with van der Waals surface area (Å²) in [6.45, 7) is 2.70. The zero-order valence-electron chi connectivity index (χ0n) is 17.6. The molecular weight excluding hydrogens is 410 g/mol. The number of nitro groups is 1. The Hall–Kier alpha value is -3.80. The number of likely N-dealkylation sites (tertiary alicyclic amines) is 1. The van der Waals surface area contributed by atoms with Crippen molar-refractivity contribution in [1.82, 2.24) is 9.80 Å². The molecule has 1 unspecified atom stereocenters. The maximum Gasteiger partial charge on any atom is 0.269 e. The third kappa shape index (κ3) is 3.68. The van der Waals surface area contributed by atoms with Crippen LogP contribution >= 0.6 is 0 Å². The molecule has 5 rings (SSSR count). The predicted molar refractivity (Wildman–Crippen MR) is 116 cm³/mol. The van der Waals surface area contributed by atoms with Crippen LogP contribution in [-0.2, 0) is 12.8 Å². The van der Waals surface area contributed by atoms with Crippen molar-refractivity contribution in [3.05, 3.63) is 63.2 Å². The Morgan fingerprint density at radius 2 is 1.88 bits per heavy atom. The lowest BCUT2D eigenvalue weighted by Crippen LogP contribution is -2.48. The lowest BCUT2D eigenvalue weighted by molar-refractivity contribution is -0.384. The molecule has 0 bridgehead atoms. The second kappa shape index (κ2) is 8.38. The first kappa shape index (κ1) is 20.1. The highest BCUT2D eigenvalue weighted by molar-refractivity contribution is 5.82. The number of nitriles is 1. The van der Waals surface area contributed by atoms with Crippen LogP contribution in [-0.4, -0.2) is 47.1 Å². The second-order valence-corrected chi connectivity index (χ2v) is 8.20. The number of fused-ring (bicyclic) bond motifs is 2. The normalized spacial score (nSPS) is 19.6. The maximum atomic E-state index is 11.1. The maximum absolute atomic E-state index is 11.1. The van der Waals surface area contributed by atoms with Crippen LogP contribution in [0.25, 0.3) is 0 Å². The number of guanidine groups is 1. The van der Waals surface area contributed by atoms with Crippen LogP contribution in [0.2, 0.25) is 0 Å². The molecule has 3 aliphatic rings. The molecule has 1 saturated heterocycles. The Kier molecular flexibility index (Phi) is 5.27. The largest absolute Gasteiger partial charge is 0.454 e. The summed E-state index contributed by atoms with van der Waals surface area (Å²) in [7, 11) is 0. The summed E-state index contributed by atoms with van der Waals surface area (Å²) < 4.78 is 11.2. The van der Waals surface area contributed by atoms with Gasteiger partial charge in [-0.1, -0.05) is 12.1 Å². The molecule has 0 saturated carbocycles. The first-order valence-electron chi connectivity index (χ1n) is 10.8. The van der Waals surface area contributed by atoms with Crippen molar-refractivity contribution in [3.63, 3.8) is 0 Å². The van der Waals surface area contributed by atoms with E-state index in [1.54, 1.807) is 12.1 Å². The van der Waals surface area contributed by atoms with Gasteiger partial charge in [-0.05, 0) is 54.5 Å². The van der Waals surface area contributed by atoms with Gasteiger partial charge >= 0.3 is 0 Å². The number of hydrogen-bond acceptors (Lipinski definition) is 6. The molecular formula is C23H23N5O4. The molecule has 2 aromatic rings. The number of non-ortho nitro benzene ring substituents is 1. The lowest BCUT2D eigenvalue weighted by atomic mass is 9.88. The van der Waals surface area contributed by atoms with Crippen LogP contribution in [0.5, 0.6) is 11.5 Å². The average Bonchev–Trinajstić information content (AvgIpc) is 3.49. The smallest absolute Gasteiger partial charge is 0.269 e. The van der Waals surface area contributed by atoms with E-state index in [1.165, 1.54) is 17.7 Å². The lowest BCUT2D eigenvalue weighted by Gasteiger charge is -2.41. The zero-order chi connectivity index (χ0) is 22.1. The highest BCUT2D eigenvalue weighted by Gasteiger charge is 2.35. The molecule has 3 aliphatic heterocycles. The van der Waals surface area contributed by atoms with Crippen LogP contribution in [0.4, 0.5) is 5.69 Å². The van der Waals surface area contributed by atoms with Gasteiger partial charge in [0.05, 0.1) is 11.0 Å². The van der Waals surface area contributed by atoms with Crippen molar-refractivity contribution in [1.29, 1.82) is 5.26 Å². The van der Waals surface area contributed by atoms with Gasteiger partial charge in [-0.2, -0.15) is 5.26 Å². The van der Waals surface area contributed by atoms with Crippen LogP contribution < -0.4 is 9.47 Å². The van der Waals surface area contributed by atoms with Gasteiger partial charge < -0.3 is 19.3 Å². The first-order valence-corrected chi connectivity index (χ1v) is 10.8. The Morgan fingerprint density at radius 3 is 2.56 bits per heavy atom. The van der Waals surface area contributed by atoms with Crippen molar-refractivity contribution in [2.45, 2.75) is 31.7 Å². The quantitative estimate of drug-likeness (QED) is 0.240. The van der Waals surface area contributed by atoms with E-state index in [0.29, 0.717) is 12.4 Å². The fourth-order valence-corrected chi connectivity index (χ4v) is 4.81. The molecule has 1 atom stereocenters. The molecule has 0 N–H and O–H groups in total. The Balaban J connectivity index is 1.54. The third-order valence-corrected chi connectivity index (χ3v) is 6.36. The number of ether oxygens (including phenoxy) is 2. The van der Waals surface area contributed by atoms with E-state index in [-0.39, 0.29) is 18.5 Å². The minimum absolute atomic E-state index is 0.0711. The van der Waals surface area contributed by atoms with E-state index >= 15 is 0 Å². The monoisotopic (exact) mass is 433 g/mol. The van der Waals surface area contributed by atoms with E-state index < -0.39 is 4.92 Å². The first-order chi connectivity index (χ1) is 15.6. The minimum Gasteiger partial charge on any atom is -0.454 e. The van der Waals surface area contributed by atoms with Crippen LogP contribution in [0.15, 0.2) is 41.4 Å². The molecule has 0 aromatic heterocycles. The summed E-state index contributed by atoms with van der Waals surface area (Å²) in [5, 5.41) is 20.5. The second-order valence-electron chi connectivity index (χ2n) is 8.20. The van der Waals surface area contributed by atoms with Crippen molar-refractivity contribution in [2.24, 2.45) is 4.99 Å². The molecule has 0 amide bonds. The summed E-state index contributed by atoms with van der Waals surface area (Å²) in [4.78, 5) is 19.3. The molecule has 1 fully saturated rings. The van der Waals surface area contributed by atoms with E-state index in [0.717, 1.165) is 61.5 Å². The predicted octanol–water partition coefficient (Wildman–Crippen LogP) is 3.40. The minimum atomic E-state index is -0.391. The Labute approximate surface area is 185 Å². The van der Waals surface area contributed by atoms with Crippen molar-refractivity contribution in [2.75, 3.05) is 26.4 Å². The summed E-state index contributed by atoms with van der Waals surface area (Å²) in [5.74, 6) is 2.19. The molecule has 0 radical (unpaired) electrons. The molecule has 0 aliphatic carbocycles. The average molecular weight is 433 g/mol. The van der Waals surface area contributed by atoms with Gasteiger partial charge in [-0.15, -0.1) is 4.99 Å². The third-order valence-electron chi connectivity index (χ3n) is 6.36. The highest BCUT2D eigenvalue weighted by atomic mass is 16.7. The van der Waals surface area contributed by atoms with Gasteiger partial charge in [0.25, 0.3) is 5.69 Å². The van der Waals surface area contributed by atoms with E-state index in [4.69, 9.17) is 9.47 Å². The summed E-state index contributed by atoms with van der Waals surface area (Å²) in [6.07, 6.45) is 5.60. The molecule has 9 heteroatoms. The topological polar surface area (TPSA) is 104 Å². The summed E-state index contributed by atoms with van der Waals surface area (Å²) in [6, 6.07) is 10.7. The van der Waals surface area contributed by atoms with Crippen LogP contribution in [0.1, 0.15) is 35.6 Å². The van der Waals surface area contributed by atoms with E-state index in [9.17, 15) is 15.4 Å². The number of nitro benzene ring substituents is 1. The molecule has 164 valence electrons. The van der Waals surface area contributed by atoms with Gasteiger partial charge in [-0.3, -0.25) is 10.1 Å². The number of hydrogen-bond donors (Lipinski definition) is 0. The van der Waals surface area contributed by atoms with Gasteiger partial charge in [-0.25, -0.2) is 0 Å². The molecule has 3 heterocycles. The van der Waals surface area contributed by atoms with Gasteiger partial charge in [0.15, 0.2) is 11.5 Å². The fourth-order valence-electron chi connectivity index (χ4n) is 4.81. The fraction of sp³-hybridized carbons (Fsp3) is 0.391. The standard InChI is InChI=1S/C23H23N5O4/c24-14-25-23(26-8-1-2-9-26)27-10-7-17-12-21-22(32-15-31-21)13-19(17)20(27)11-16-3-5-18(6-4-16)28(29)30/h3-6,12-13,20H,1-2,7-11,15H2. The van der Waals surface area contributed by atoms with E-state index in [2.05, 4.69) is 20.9 Å². The van der Waals surface area contributed by atoms with Gasteiger partial charge in [0.1, 0.15) is 0 Å². The molecule has 9 nitrogen and oxygen atoms in total. The van der Waals surface area contributed by atoms with Crippen molar-refractivity contribution >= 4 is 11.6 Å². The zero-order valence-corrected chi connectivity index (χ0v) is 17.6. The Morgan fingerprint density at radius 1 is 1.16 bits per heavy atom. The Bertz CT molecular complexity index is 1100. The van der Waals surface area contributed by atoms with Gasteiger partial charge in [0.2, 0.25) is 18.9 Å². The molecule has 2 aromatic carbocycles.